The maximum atomic E-state index is 12.0. The van der Waals surface area contributed by atoms with E-state index in [1.165, 1.54) is 16.9 Å². The Kier molecular flexibility index (Phi) is 2.94. The fraction of sp³-hybridized carbons (Fsp3) is 0.333. The normalized spacial score (nSPS) is 18.0. The zero-order valence-electron chi connectivity index (χ0n) is 11.4. The molecule has 0 amide bonds. The molecule has 0 spiro atoms. The number of aromatic amines is 1. The zero-order valence-corrected chi connectivity index (χ0v) is 12.2. The Morgan fingerprint density at radius 3 is 3.24 bits per heavy atom. The van der Waals surface area contributed by atoms with E-state index in [0.29, 0.717) is 17.1 Å². The van der Waals surface area contributed by atoms with E-state index in [1.54, 1.807) is 0 Å². The van der Waals surface area contributed by atoms with Crippen LogP contribution in [0.15, 0.2) is 28.6 Å². The van der Waals surface area contributed by atoms with Crippen molar-refractivity contribution in [1.82, 2.24) is 14.5 Å². The van der Waals surface area contributed by atoms with Gasteiger partial charge in [0.15, 0.2) is 0 Å². The van der Waals surface area contributed by atoms with Gasteiger partial charge in [-0.2, -0.15) is 0 Å². The largest absolute Gasteiger partial charge is 0.388 e. The second-order valence-electron chi connectivity index (χ2n) is 5.47. The van der Waals surface area contributed by atoms with Crippen LogP contribution < -0.4 is 5.56 Å². The van der Waals surface area contributed by atoms with E-state index in [2.05, 4.69) is 16.2 Å². The van der Waals surface area contributed by atoms with Crippen molar-refractivity contribution >= 4 is 21.6 Å². The third-order valence-electron chi connectivity index (χ3n) is 3.98. The monoisotopic (exact) mass is 301 g/mol. The third kappa shape index (κ3) is 2.20. The average Bonchev–Trinajstić information content (AvgIpc) is 3.06. The van der Waals surface area contributed by atoms with Crippen LogP contribution in [0.3, 0.4) is 0 Å². The smallest absolute Gasteiger partial charge is 0.268 e. The first-order valence-corrected chi connectivity index (χ1v) is 7.92. The lowest BCUT2D eigenvalue weighted by molar-refractivity contribution is 0.157. The Balaban J connectivity index is 1.70. The van der Waals surface area contributed by atoms with Crippen LogP contribution in [0.1, 0.15) is 35.9 Å². The van der Waals surface area contributed by atoms with Crippen LogP contribution in [0, 0.1) is 0 Å². The first-order chi connectivity index (χ1) is 10.2. The molecule has 1 atom stereocenters. The van der Waals surface area contributed by atoms with E-state index in [9.17, 15) is 9.90 Å². The average molecular weight is 301 g/mol. The molecule has 0 aliphatic heterocycles. The second-order valence-corrected chi connectivity index (χ2v) is 6.38. The number of aliphatic hydroxyl groups excluding tert-OH is 1. The molecular weight excluding hydrogens is 286 g/mol. The van der Waals surface area contributed by atoms with Crippen LogP contribution in [0.4, 0.5) is 0 Å². The van der Waals surface area contributed by atoms with Gasteiger partial charge >= 0.3 is 0 Å². The molecule has 6 heteroatoms. The van der Waals surface area contributed by atoms with E-state index >= 15 is 0 Å². The van der Waals surface area contributed by atoms with Gasteiger partial charge in [0.25, 0.3) is 5.56 Å². The first-order valence-electron chi connectivity index (χ1n) is 7.04. The number of fused-ring (bicyclic) bond motifs is 2. The van der Waals surface area contributed by atoms with Crippen LogP contribution in [0.25, 0.3) is 10.2 Å². The summed E-state index contributed by atoms with van der Waals surface area (Å²) in [6.45, 7) is 0.515. The molecule has 0 saturated carbocycles. The molecule has 0 radical (unpaired) electrons. The molecule has 0 aromatic carbocycles. The van der Waals surface area contributed by atoms with Crippen LogP contribution in [-0.4, -0.2) is 19.6 Å². The summed E-state index contributed by atoms with van der Waals surface area (Å²) in [6, 6.07) is 1.86. The van der Waals surface area contributed by atoms with Gasteiger partial charge in [-0.25, -0.2) is 4.98 Å². The minimum atomic E-state index is -0.360. The Morgan fingerprint density at radius 2 is 2.38 bits per heavy atom. The van der Waals surface area contributed by atoms with Gasteiger partial charge in [-0.15, -0.1) is 11.3 Å². The predicted molar refractivity (Wildman–Crippen MR) is 81.7 cm³/mol. The zero-order chi connectivity index (χ0) is 14.4. The summed E-state index contributed by atoms with van der Waals surface area (Å²) in [7, 11) is 0. The molecule has 5 nitrogen and oxygen atoms in total. The molecule has 4 rings (SSSR count). The number of nitrogens with one attached hydrogen (secondary N) is 1. The maximum Gasteiger partial charge on any atom is 0.268 e. The molecule has 1 aliphatic carbocycles. The van der Waals surface area contributed by atoms with Crippen molar-refractivity contribution in [2.24, 2.45) is 0 Å². The van der Waals surface area contributed by atoms with Crippen LogP contribution in [-0.2, 0) is 13.0 Å². The Morgan fingerprint density at radius 1 is 1.48 bits per heavy atom. The number of thiophene rings is 1. The maximum absolute atomic E-state index is 12.0. The SMILES string of the molecule is O=c1[nH]c(Cn2cc3c(c2)C(O)CCC3)nc2ccsc12. The second kappa shape index (κ2) is 4.82. The highest BCUT2D eigenvalue weighted by Crippen LogP contribution is 2.30. The molecule has 3 aromatic rings. The minimum absolute atomic E-state index is 0.0815. The standard InChI is InChI=1S/C15H15N3O2S/c19-12-3-1-2-9-6-18(7-10(9)12)8-13-16-11-4-5-21-14(11)15(20)17-13/h4-7,12,19H,1-3,8H2,(H,16,17,20). The fourth-order valence-corrected chi connectivity index (χ4v) is 3.71. The number of hydrogen-bond acceptors (Lipinski definition) is 4. The van der Waals surface area contributed by atoms with Crippen molar-refractivity contribution in [1.29, 1.82) is 0 Å². The summed E-state index contributed by atoms with van der Waals surface area (Å²) in [4.78, 5) is 19.3. The molecule has 3 heterocycles. The Hall–Kier alpha value is -1.92. The quantitative estimate of drug-likeness (QED) is 0.762. The third-order valence-corrected chi connectivity index (χ3v) is 4.88. The van der Waals surface area contributed by atoms with E-state index < -0.39 is 0 Å². The molecule has 0 fully saturated rings. The summed E-state index contributed by atoms with van der Waals surface area (Å²) in [6.07, 6.45) is 6.52. The number of aliphatic hydroxyl groups is 1. The van der Waals surface area contributed by atoms with Gasteiger partial charge in [0.05, 0.1) is 18.2 Å². The molecule has 108 valence electrons. The number of aryl methyl sites for hydroxylation is 1. The van der Waals surface area contributed by atoms with E-state index in [-0.39, 0.29) is 11.7 Å². The minimum Gasteiger partial charge on any atom is -0.388 e. The van der Waals surface area contributed by atoms with Crippen molar-refractivity contribution in [2.45, 2.75) is 31.9 Å². The number of nitrogens with zero attached hydrogens (tertiary/aromatic N) is 2. The fourth-order valence-electron chi connectivity index (χ4n) is 2.98. The topological polar surface area (TPSA) is 70.9 Å². The summed E-state index contributed by atoms with van der Waals surface area (Å²) in [5.41, 5.74) is 2.88. The van der Waals surface area contributed by atoms with E-state index in [1.807, 2.05) is 22.2 Å². The van der Waals surface area contributed by atoms with Crippen molar-refractivity contribution < 1.29 is 5.11 Å². The summed E-state index contributed by atoms with van der Waals surface area (Å²) in [5, 5.41) is 11.9. The van der Waals surface area contributed by atoms with Crippen molar-refractivity contribution in [3.63, 3.8) is 0 Å². The lowest BCUT2D eigenvalue weighted by Crippen LogP contribution is -2.12. The molecule has 1 aliphatic rings. The van der Waals surface area contributed by atoms with Gasteiger partial charge in [0, 0.05) is 18.0 Å². The van der Waals surface area contributed by atoms with Gasteiger partial charge < -0.3 is 14.7 Å². The van der Waals surface area contributed by atoms with Gasteiger partial charge in [-0.1, -0.05) is 0 Å². The first kappa shape index (κ1) is 12.8. The van der Waals surface area contributed by atoms with Crippen LogP contribution in [0.2, 0.25) is 0 Å². The summed E-state index contributed by atoms with van der Waals surface area (Å²) in [5.74, 6) is 0.646. The van der Waals surface area contributed by atoms with Gasteiger partial charge in [-0.05, 0) is 36.3 Å². The van der Waals surface area contributed by atoms with E-state index in [4.69, 9.17) is 0 Å². The molecular formula is C15H15N3O2S. The highest BCUT2D eigenvalue weighted by atomic mass is 32.1. The molecule has 1 unspecified atom stereocenters. The number of aromatic nitrogens is 3. The number of hydrogen-bond donors (Lipinski definition) is 2. The van der Waals surface area contributed by atoms with Crippen LogP contribution in [0.5, 0.6) is 0 Å². The summed E-state index contributed by atoms with van der Waals surface area (Å²) >= 11 is 1.41. The molecule has 0 bridgehead atoms. The van der Waals surface area contributed by atoms with Crippen LogP contribution >= 0.6 is 11.3 Å². The molecule has 3 aromatic heterocycles. The number of H-pyrrole nitrogens is 1. The number of rotatable bonds is 2. The Bertz CT molecular complexity index is 861. The van der Waals surface area contributed by atoms with Gasteiger partial charge in [0.2, 0.25) is 0 Å². The van der Waals surface area contributed by atoms with Crippen molar-refractivity contribution in [2.75, 3.05) is 0 Å². The Labute approximate surface area is 124 Å². The molecule has 0 saturated heterocycles. The van der Waals surface area contributed by atoms with Gasteiger partial charge in [0.1, 0.15) is 10.5 Å². The van der Waals surface area contributed by atoms with Gasteiger partial charge in [-0.3, -0.25) is 4.79 Å². The lowest BCUT2D eigenvalue weighted by Gasteiger charge is -2.16. The highest BCUT2D eigenvalue weighted by Gasteiger charge is 2.20. The lowest BCUT2D eigenvalue weighted by atomic mass is 9.93. The van der Waals surface area contributed by atoms with Crippen molar-refractivity contribution in [3.05, 3.63) is 51.1 Å². The highest BCUT2D eigenvalue weighted by molar-refractivity contribution is 7.17. The molecule has 21 heavy (non-hydrogen) atoms. The van der Waals surface area contributed by atoms with E-state index in [0.717, 1.165) is 30.3 Å². The summed E-state index contributed by atoms with van der Waals surface area (Å²) < 4.78 is 2.66. The predicted octanol–water partition coefficient (Wildman–Crippen LogP) is 2.20. The van der Waals surface area contributed by atoms with Crippen molar-refractivity contribution in [3.8, 4) is 0 Å². The molecule has 2 N–H and O–H groups in total.